The average Bonchev–Trinajstić information content (AvgIpc) is 3.23. The summed E-state index contributed by atoms with van der Waals surface area (Å²) in [5, 5.41) is 10.7. The first-order valence-electron chi connectivity index (χ1n) is 10.9. The van der Waals surface area contributed by atoms with Gasteiger partial charge in [0.15, 0.2) is 11.8 Å². The molecule has 0 aliphatic carbocycles. The lowest BCUT2D eigenvalue weighted by molar-refractivity contribution is 0.0341. The van der Waals surface area contributed by atoms with Gasteiger partial charge in [-0.1, -0.05) is 43.3 Å². The second-order valence-electron chi connectivity index (χ2n) is 7.73. The molecule has 1 aromatic carbocycles. The summed E-state index contributed by atoms with van der Waals surface area (Å²) < 4.78 is 10.8. The molecule has 1 aromatic heterocycles. The number of aromatic nitrogens is 2. The normalized spacial score (nSPS) is 15.5. The highest BCUT2D eigenvalue weighted by Crippen LogP contribution is 2.14. The molecule has 8 nitrogen and oxygen atoms in total. The van der Waals surface area contributed by atoms with E-state index in [1.165, 1.54) is 11.1 Å². The highest BCUT2D eigenvalue weighted by molar-refractivity contribution is 5.79. The van der Waals surface area contributed by atoms with Crippen LogP contribution in [0.1, 0.15) is 49.5 Å². The van der Waals surface area contributed by atoms with E-state index in [1.807, 2.05) is 0 Å². The smallest absolute Gasteiger partial charge is 0.228 e. The standard InChI is InChI=1S/C22H34N6O2/c1-4-23-22(24-10-9-20-26-21(17(2)3)27-30-20)25-15-18-7-5-6-8-19(18)16-28-11-13-29-14-12-28/h5-8,17H,4,9-16H2,1-3H3,(H2,23,24,25). The summed E-state index contributed by atoms with van der Waals surface area (Å²) in [6, 6.07) is 8.54. The van der Waals surface area contributed by atoms with Gasteiger partial charge in [-0.15, -0.1) is 0 Å². The highest BCUT2D eigenvalue weighted by atomic mass is 16.5. The van der Waals surface area contributed by atoms with Gasteiger partial charge in [0.05, 0.1) is 19.8 Å². The van der Waals surface area contributed by atoms with Gasteiger partial charge in [-0.2, -0.15) is 4.98 Å². The Balaban J connectivity index is 1.56. The monoisotopic (exact) mass is 414 g/mol. The molecule has 0 radical (unpaired) electrons. The van der Waals surface area contributed by atoms with E-state index in [0.29, 0.717) is 25.4 Å². The van der Waals surface area contributed by atoms with Crippen molar-refractivity contribution in [3.8, 4) is 0 Å². The molecule has 1 saturated heterocycles. The molecule has 0 atom stereocenters. The Kier molecular flexibility index (Phi) is 8.65. The predicted molar refractivity (Wildman–Crippen MR) is 117 cm³/mol. The zero-order valence-electron chi connectivity index (χ0n) is 18.4. The lowest BCUT2D eigenvalue weighted by Gasteiger charge is -2.27. The summed E-state index contributed by atoms with van der Waals surface area (Å²) in [6.07, 6.45) is 0.664. The summed E-state index contributed by atoms with van der Waals surface area (Å²) in [5.74, 6) is 2.47. The number of hydrogen-bond acceptors (Lipinski definition) is 6. The molecule has 0 saturated carbocycles. The van der Waals surface area contributed by atoms with Gasteiger partial charge in [0.25, 0.3) is 0 Å². The molecule has 1 fully saturated rings. The molecule has 30 heavy (non-hydrogen) atoms. The number of rotatable bonds is 9. The van der Waals surface area contributed by atoms with Gasteiger partial charge in [-0.05, 0) is 18.1 Å². The van der Waals surface area contributed by atoms with Gasteiger partial charge in [-0.25, -0.2) is 4.99 Å². The number of benzene rings is 1. The number of nitrogens with zero attached hydrogens (tertiary/aromatic N) is 4. The molecule has 2 N–H and O–H groups in total. The molecular weight excluding hydrogens is 380 g/mol. The van der Waals surface area contributed by atoms with Crippen molar-refractivity contribution in [2.75, 3.05) is 39.4 Å². The summed E-state index contributed by atoms with van der Waals surface area (Å²) in [4.78, 5) is 11.6. The van der Waals surface area contributed by atoms with Gasteiger partial charge < -0.3 is 19.9 Å². The minimum atomic E-state index is 0.270. The van der Waals surface area contributed by atoms with Crippen LogP contribution >= 0.6 is 0 Å². The molecule has 8 heteroatoms. The first kappa shape index (κ1) is 22.2. The van der Waals surface area contributed by atoms with Gasteiger partial charge in [0, 0.05) is 45.1 Å². The Morgan fingerprint density at radius 1 is 1.17 bits per heavy atom. The number of nitrogens with one attached hydrogen (secondary N) is 2. The van der Waals surface area contributed by atoms with Crippen molar-refractivity contribution in [1.82, 2.24) is 25.7 Å². The number of morpholine rings is 1. The molecule has 2 heterocycles. The van der Waals surface area contributed by atoms with Crippen molar-refractivity contribution in [2.45, 2.75) is 46.2 Å². The number of hydrogen-bond donors (Lipinski definition) is 2. The molecule has 1 aliphatic heterocycles. The predicted octanol–water partition coefficient (Wildman–Crippen LogP) is 2.32. The lowest BCUT2D eigenvalue weighted by atomic mass is 10.1. The SMILES string of the molecule is CCNC(=NCc1ccccc1CN1CCOCC1)NCCc1nc(C(C)C)no1. The van der Waals surface area contributed by atoms with E-state index in [9.17, 15) is 0 Å². The third-order valence-electron chi connectivity index (χ3n) is 5.00. The Labute approximate surface area is 179 Å². The Bertz CT molecular complexity index is 798. The van der Waals surface area contributed by atoms with Crippen molar-refractivity contribution < 1.29 is 9.26 Å². The third kappa shape index (κ3) is 6.81. The van der Waals surface area contributed by atoms with Crippen molar-refractivity contribution in [2.24, 2.45) is 4.99 Å². The van der Waals surface area contributed by atoms with Crippen LogP contribution in [0.5, 0.6) is 0 Å². The largest absolute Gasteiger partial charge is 0.379 e. The first-order chi connectivity index (χ1) is 14.7. The molecule has 1 aliphatic rings. The van der Waals surface area contributed by atoms with Crippen LogP contribution in [0.4, 0.5) is 0 Å². The van der Waals surface area contributed by atoms with Crippen molar-refractivity contribution >= 4 is 5.96 Å². The number of aliphatic imine (C=N–C) groups is 1. The summed E-state index contributed by atoms with van der Waals surface area (Å²) in [7, 11) is 0. The zero-order chi connectivity index (χ0) is 21.2. The molecule has 3 rings (SSSR count). The Hall–Kier alpha value is -2.45. The summed E-state index contributed by atoms with van der Waals surface area (Å²) >= 11 is 0. The van der Waals surface area contributed by atoms with E-state index in [1.54, 1.807) is 0 Å². The van der Waals surface area contributed by atoms with Crippen LogP contribution in [0, 0.1) is 0 Å². The third-order valence-corrected chi connectivity index (χ3v) is 5.00. The van der Waals surface area contributed by atoms with E-state index in [-0.39, 0.29) is 5.92 Å². The van der Waals surface area contributed by atoms with Crippen molar-refractivity contribution in [1.29, 1.82) is 0 Å². The van der Waals surface area contributed by atoms with Crippen LogP contribution in [0.15, 0.2) is 33.8 Å². The van der Waals surface area contributed by atoms with Crippen LogP contribution in [0.3, 0.4) is 0 Å². The topological polar surface area (TPSA) is 87.8 Å². The van der Waals surface area contributed by atoms with Crippen molar-refractivity contribution in [3.05, 3.63) is 47.1 Å². The fourth-order valence-corrected chi connectivity index (χ4v) is 3.26. The second-order valence-corrected chi connectivity index (χ2v) is 7.73. The molecular formula is C22H34N6O2. The first-order valence-corrected chi connectivity index (χ1v) is 10.9. The van der Waals surface area contributed by atoms with Crippen molar-refractivity contribution in [3.63, 3.8) is 0 Å². The Morgan fingerprint density at radius 3 is 2.63 bits per heavy atom. The van der Waals surface area contributed by atoms with Gasteiger partial charge >= 0.3 is 0 Å². The molecule has 0 bridgehead atoms. The molecule has 0 unspecified atom stereocenters. The molecule has 2 aromatic rings. The highest BCUT2D eigenvalue weighted by Gasteiger charge is 2.13. The maximum Gasteiger partial charge on any atom is 0.228 e. The molecule has 0 spiro atoms. The zero-order valence-corrected chi connectivity index (χ0v) is 18.4. The van der Waals surface area contributed by atoms with E-state index >= 15 is 0 Å². The second kappa shape index (κ2) is 11.7. The van der Waals surface area contributed by atoms with E-state index in [0.717, 1.165) is 51.2 Å². The van der Waals surface area contributed by atoms with Gasteiger partial charge in [0.2, 0.25) is 5.89 Å². The van der Waals surface area contributed by atoms with Crippen LogP contribution in [0.25, 0.3) is 0 Å². The summed E-state index contributed by atoms with van der Waals surface area (Å²) in [5.41, 5.74) is 2.57. The van der Waals surface area contributed by atoms with Crippen LogP contribution in [0.2, 0.25) is 0 Å². The van der Waals surface area contributed by atoms with E-state index in [4.69, 9.17) is 14.3 Å². The van der Waals surface area contributed by atoms with E-state index in [2.05, 4.69) is 70.7 Å². The minimum absolute atomic E-state index is 0.270. The maximum atomic E-state index is 5.46. The quantitative estimate of drug-likeness (QED) is 0.481. The average molecular weight is 415 g/mol. The maximum absolute atomic E-state index is 5.46. The minimum Gasteiger partial charge on any atom is -0.379 e. The lowest BCUT2D eigenvalue weighted by Crippen LogP contribution is -2.38. The fourth-order valence-electron chi connectivity index (χ4n) is 3.26. The Morgan fingerprint density at radius 2 is 1.93 bits per heavy atom. The fraction of sp³-hybridized carbons (Fsp3) is 0.591. The van der Waals surface area contributed by atoms with Gasteiger partial charge in [0.1, 0.15) is 0 Å². The van der Waals surface area contributed by atoms with Gasteiger partial charge in [-0.3, -0.25) is 4.90 Å². The molecule has 164 valence electrons. The number of ether oxygens (including phenoxy) is 1. The van der Waals surface area contributed by atoms with Crippen LogP contribution < -0.4 is 10.6 Å². The van der Waals surface area contributed by atoms with E-state index < -0.39 is 0 Å². The van der Waals surface area contributed by atoms with Crippen LogP contribution in [-0.4, -0.2) is 60.4 Å². The number of guanidine groups is 1. The summed E-state index contributed by atoms with van der Waals surface area (Å²) in [6.45, 7) is 12.8. The molecule has 0 amide bonds. The van der Waals surface area contributed by atoms with Crippen LogP contribution in [-0.2, 0) is 24.2 Å².